The maximum Gasteiger partial charge on any atom is 0.313 e. The first-order valence-electron chi connectivity index (χ1n) is 9.41. The van der Waals surface area contributed by atoms with Crippen LogP contribution in [-0.2, 0) is 14.3 Å². The summed E-state index contributed by atoms with van der Waals surface area (Å²) in [5.74, 6) is -0.102. The number of esters is 1. The van der Waals surface area contributed by atoms with Gasteiger partial charge in [-0.2, -0.15) is 0 Å². The summed E-state index contributed by atoms with van der Waals surface area (Å²) in [4.78, 5) is 28.3. The number of hydrogen-bond acceptors (Lipinski definition) is 3. The lowest BCUT2D eigenvalue weighted by Crippen LogP contribution is -2.56. The van der Waals surface area contributed by atoms with Crippen LogP contribution in [0, 0.1) is 21.7 Å². The molecular weight excluding hydrogens is 302 g/mol. The molecule has 2 aliphatic carbocycles. The van der Waals surface area contributed by atoms with Crippen LogP contribution in [0.4, 0.5) is 0 Å². The number of ether oxygens (including phenoxy) is 1. The normalized spacial score (nSPS) is 47.8. The second-order valence-corrected chi connectivity index (χ2v) is 10.8. The molecule has 2 aliphatic heterocycles. The molecule has 4 fully saturated rings. The molecule has 4 aliphatic rings. The number of carbonyl (C=O) groups is 2. The van der Waals surface area contributed by atoms with Gasteiger partial charge in [-0.25, -0.2) is 0 Å². The van der Waals surface area contributed by atoms with E-state index in [0.717, 1.165) is 32.2 Å². The molecule has 134 valence electrons. The quantitative estimate of drug-likeness (QED) is 0.690. The maximum atomic E-state index is 13.7. The van der Waals surface area contributed by atoms with Gasteiger partial charge in [-0.15, -0.1) is 0 Å². The highest BCUT2D eigenvalue weighted by Gasteiger charge is 2.76. The van der Waals surface area contributed by atoms with Crippen LogP contribution >= 0.6 is 0 Å². The number of nitrogens with zero attached hydrogens (tertiary/aromatic N) is 1. The fourth-order valence-electron chi connectivity index (χ4n) is 6.65. The molecule has 0 aromatic rings. The Labute approximate surface area is 145 Å². The van der Waals surface area contributed by atoms with Crippen LogP contribution in [0.15, 0.2) is 0 Å². The van der Waals surface area contributed by atoms with Crippen LogP contribution in [0.5, 0.6) is 0 Å². The SMILES string of the molecule is CC1(C)C[C@@H]2C[C@](C)(CN2C(=O)[C@@]23CC[C@@](C)(C(=O)O2)C3(C)C)C1. The zero-order valence-electron chi connectivity index (χ0n) is 16.0. The zero-order chi connectivity index (χ0) is 17.8. The molecule has 4 nitrogen and oxygen atoms in total. The van der Waals surface area contributed by atoms with E-state index in [9.17, 15) is 9.59 Å². The largest absolute Gasteiger partial charge is 0.448 e. The number of carbonyl (C=O) groups excluding carboxylic acids is 2. The zero-order valence-corrected chi connectivity index (χ0v) is 16.0. The number of hydrogen-bond donors (Lipinski definition) is 0. The number of fused-ring (bicyclic) bond motifs is 4. The molecule has 4 bridgehead atoms. The van der Waals surface area contributed by atoms with Crippen molar-refractivity contribution in [3.63, 3.8) is 0 Å². The minimum absolute atomic E-state index is 0.0773. The first-order valence-corrected chi connectivity index (χ1v) is 9.41. The van der Waals surface area contributed by atoms with Crippen molar-refractivity contribution in [2.75, 3.05) is 6.54 Å². The third kappa shape index (κ3) is 1.70. The Balaban J connectivity index is 1.70. The summed E-state index contributed by atoms with van der Waals surface area (Å²) in [6.45, 7) is 13.8. The van der Waals surface area contributed by atoms with Gasteiger partial charge in [0.1, 0.15) is 0 Å². The smallest absolute Gasteiger partial charge is 0.313 e. The molecule has 0 unspecified atom stereocenters. The third-order valence-corrected chi connectivity index (χ3v) is 8.10. The van der Waals surface area contributed by atoms with Crippen LogP contribution in [0.3, 0.4) is 0 Å². The highest BCUT2D eigenvalue weighted by molar-refractivity contribution is 5.96. The van der Waals surface area contributed by atoms with Crippen molar-refractivity contribution in [2.45, 2.75) is 85.3 Å². The fourth-order valence-corrected chi connectivity index (χ4v) is 6.65. The van der Waals surface area contributed by atoms with Gasteiger partial charge >= 0.3 is 5.97 Å². The minimum atomic E-state index is -0.948. The van der Waals surface area contributed by atoms with Gasteiger partial charge < -0.3 is 9.64 Å². The lowest BCUT2D eigenvalue weighted by Gasteiger charge is -2.41. The Morgan fingerprint density at radius 1 is 1.08 bits per heavy atom. The molecule has 4 rings (SSSR count). The van der Waals surface area contributed by atoms with Gasteiger partial charge in [0.15, 0.2) is 5.60 Å². The van der Waals surface area contributed by atoms with E-state index in [1.165, 1.54) is 0 Å². The number of likely N-dealkylation sites (tertiary alicyclic amines) is 1. The predicted octanol–water partition coefficient (Wildman–Crippen LogP) is 3.54. The predicted molar refractivity (Wildman–Crippen MR) is 91.2 cm³/mol. The van der Waals surface area contributed by atoms with Crippen molar-refractivity contribution < 1.29 is 14.3 Å². The summed E-state index contributed by atoms with van der Waals surface area (Å²) in [7, 11) is 0. The average Bonchev–Trinajstić information content (AvgIpc) is 2.86. The van der Waals surface area contributed by atoms with E-state index >= 15 is 0 Å². The van der Waals surface area contributed by atoms with Crippen LogP contribution < -0.4 is 0 Å². The van der Waals surface area contributed by atoms with Crippen molar-refractivity contribution in [3.05, 3.63) is 0 Å². The van der Waals surface area contributed by atoms with E-state index in [0.29, 0.717) is 12.5 Å². The van der Waals surface area contributed by atoms with Gasteiger partial charge in [0, 0.05) is 18.0 Å². The van der Waals surface area contributed by atoms with Crippen LogP contribution in [-0.4, -0.2) is 35.0 Å². The van der Waals surface area contributed by atoms with Gasteiger partial charge in [0.05, 0.1) is 5.41 Å². The summed E-state index contributed by atoms with van der Waals surface area (Å²) < 4.78 is 5.84. The summed E-state index contributed by atoms with van der Waals surface area (Å²) in [6.07, 6.45) is 4.73. The molecule has 4 heteroatoms. The van der Waals surface area contributed by atoms with E-state index in [-0.39, 0.29) is 22.7 Å². The molecule has 4 atom stereocenters. The molecule has 1 amide bonds. The van der Waals surface area contributed by atoms with Crippen LogP contribution in [0.2, 0.25) is 0 Å². The van der Waals surface area contributed by atoms with Gasteiger partial charge in [0.2, 0.25) is 0 Å². The third-order valence-electron chi connectivity index (χ3n) is 8.10. The lowest BCUT2D eigenvalue weighted by atomic mass is 9.65. The van der Waals surface area contributed by atoms with E-state index in [1.807, 2.05) is 6.92 Å². The second kappa shape index (κ2) is 4.19. The van der Waals surface area contributed by atoms with Crippen molar-refractivity contribution >= 4 is 11.9 Å². The lowest BCUT2D eigenvalue weighted by molar-refractivity contribution is -0.174. The molecule has 0 radical (unpaired) electrons. The van der Waals surface area contributed by atoms with Gasteiger partial charge in [-0.05, 0) is 49.9 Å². The van der Waals surface area contributed by atoms with Crippen LogP contribution in [0.25, 0.3) is 0 Å². The maximum absolute atomic E-state index is 13.7. The van der Waals surface area contributed by atoms with E-state index < -0.39 is 16.4 Å². The Bertz CT molecular complexity index is 639. The Hall–Kier alpha value is -1.06. The molecule has 0 spiro atoms. The van der Waals surface area contributed by atoms with Crippen molar-refractivity contribution in [2.24, 2.45) is 21.7 Å². The second-order valence-electron chi connectivity index (χ2n) is 10.8. The van der Waals surface area contributed by atoms with Gasteiger partial charge in [-0.3, -0.25) is 9.59 Å². The minimum Gasteiger partial charge on any atom is -0.448 e. The first-order chi connectivity index (χ1) is 10.9. The number of amides is 1. The molecule has 0 aromatic carbocycles. The first kappa shape index (κ1) is 16.4. The van der Waals surface area contributed by atoms with Crippen molar-refractivity contribution in [1.29, 1.82) is 0 Å². The monoisotopic (exact) mass is 333 g/mol. The van der Waals surface area contributed by atoms with Crippen molar-refractivity contribution in [1.82, 2.24) is 4.90 Å². The highest BCUT2D eigenvalue weighted by atomic mass is 16.6. The number of rotatable bonds is 1. The molecule has 0 aromatic heterocycles. The summed E-state index contributed by atoms with van der Waals surface area (Å²) >= 11 is 0. The standard InChI is InChI=1S/C20H31NO3/c1-16(2)9-13-10-18(5,11-16)12-21(13)14(22)20-8-7-19(6,15(23)24-20)17(20,3)4/h13H,7-12H2,1-6H3/t13-,18+,19+,20-/m1/s1. The molecule has 2 saturated carbocycles. The highest BCUT2D eigenvalue weighted by Crippen LogP contribution is 2.66. The summed E-state index contributed by atoms with van der Waals surface area (Å²) in [5, 5.41) is 0. The molecule has 24 heavy (non-hydrogen) atoms. The topological polar surface area (TPSA) is 46.6 Å². The molecule has 0 N–H and O–H groups in total. The van der Waals surface area contributed by atoms with E-state index in [2.05, 4.69) is 39.5 Å². The van der Waals surface area contributed by atoms with Gasteiger partial charge in [0.25, 0.3) is 5.91 Å². The molecule has 2 saturated heterocycles. The Morgan fingerprint density at radius 3 is 2.29 bits per heavy atom. The molecular formula is C20H31NO3. The fraction of sp³-hybridized carbons (Fsp3) is 0.900. The van der Waals surface area contributed by atoms with E-state index in [4.69, 9.17) is 4.74 Å². The average molecular weight is 333 g/mol. The van der Waals surface area contributed by atoms with Crippen LogP contribution in [0.1, 0.15) is 73.6 Å². The van der Waals surface area contributed by atoms with Gasteiger partial charge in [-0.1, -0.05) is 34.6 Å². The Kier molecular flexibility index (Phi) is 2.86. The van der Waals surface area contributed by atoms with Crippen molar-refractivity contribution in [3.8, 4) is 0 Å². The Morgan fingerprint density at radius 2 is 1.75 bits per heavy atom. The molecule has 2 heterocycles. The van der Waals surface area contributed by atoms with E-state index in [1.54, 1.807) is 0 Å². The summed E-state index contributed by atoms with van der Waals surface area (Å²) in [5.41, 5.74) is -1.44. The summed E-state index contributed by atoms with van der Waals surface area (Å²) in [6, 6.07) is 0.294.